The van der Waals surface area contributed by atoms with Crippen LogP contribution in [0.25, 0.3) is 39.1 Å². The number of aromatic nitrogens is 2. The summed E-state index contributed by atoms with van der Waals surface area (Å²) in [5.41, 5.74) is 11.7. The highest BCUT2D eigenvalue weighted by atomic mass is 16.7. The van der Waals surface area contributed by atoms with Crippen molar-refractivity contribution < 1.29 is 14.3 Å². The van der Waals surface area contributed by atoms with Gasteiger partial charge in [-0.25, -0.2) is 4.98 Å². The summed E-state index contributed by atoms with van der Waals surface area (Å²) in [6, 6.07) is 23.3. The lowest BCUT2D eigenvalue weighted by atomic mass is 10.1. The van der Waals surface area contributed by atoms with Crippen molar-refractivity contribution in [1.29, 1.82) is 0 Å². The van der Waals surface area contributed by atoms with Crippen molar-refractivity contribution in [2.75, 3.05) is 12.5 Å². The Bertz CT molecular complexity index is 1600. The molecule has 1 amide bonds. The van der Waals surface area contributed by atoms with Crippen molar-refractivity contribution in [1.82, 2.24) is 15.3 Å². The van der Waals surface area contributed by atoms with Crippen molar-refractivity contribution in [2.45, 2.75) is 6.54 Å². The Kier molecular flexibility index (Phi) is 5.07. The minimum Gasteiger partial charge on any atom is -0.454 e. The van der Waals surface area contributed by atoms with Crippen molar-refractivity contribution in [3.05, 3.63) is 90.1 Å². The molecule has 0 saturated heterocycles. The molecule has 0 bridgehead atoms. The molecule has 0 saturated carbocycles. The molecule has 0 unspecified atom stereocenters. The summed E-state index contributed by atoms with van der Waals surface area (Å²) in [7, 11) is 0. The van der Waals surface area contributed by atoms with Crippen LogP contribution in [0.1, 0.15) is 11.3 Å². The van der Waals surface area contributed by atoms with E-state index in [0.29, 0.717) is 11.4 Å². The van der Waals surface area contributed by atoms with Crippen LogP contribution in [0.3, 0.4) is 0 Å². The number of anilines is 1. The molecule has 0 aliphatic carbocycles. The number of nitrogens with one attached hydrogen (secondary N) is 2. The zero-order valence-electron chi connectivity index (χ0n) is 18.7. The molecule has 7 heteroatoms. The lowest BCUT2D eigenvalue weighted by molar-refractivity contribution is -0.116. The summed E-state index contributed by atoms with van der Waals surface area (Å²) in [5, 5.41) is 5.08. The lowest BCUT2D eigenvalue weighted by Gasteiger charge is -2.09. The number of ether oxygens (including phenoxy) is 2. The highest BCUT2D eigenvalue weighted by Gasteiger charge is 2.18. The predicted molar refractivity (Wildman–Crippen MR) is 137 cm³/mol. The summed E-state index contributed by atoms with van der Waals surface area (Å²) < 4.78 is 11.0. The van der Waals surface area contributed by atoms with E-state index in [1.165, 1.54) is 6.08 Å². The summed E-state index contributed by atoms with van der Waals surface area (Å²) in [4.78, 5) is 20.9. The second-order valence-electron chi connectivity index (χ2n) is 8.34. The molecule has 172 valence electrons. The molecule has 0 fully saturated rings. The second kappa shape index (κ2) is 8.53. The fraction of sp³-hybridized carbons (Fsp3) is 0.0714. The van der Waals surface area contributed by atoms with Gasteiger partial charge in [0.05, 0.1) is 23.4 Å². The molecule has 0 atom stereocenters. The minimum atomic E-state index is -0.202. The van der Waals surface area contributed by atoms with Crippen molar-refractivity contribution in [2.24, 2.45) is 0 Å². The van der Waals surface area contributed by atoms with E-state index in [4.69, 9.17) is 20.2 Å². The fourth-order valence-corrected chi connectivity index (χ4v) is 4.26. The molecule has 3 heterocycles. The second-order valence-corrected chi connectivity index (χ2v) is 8.34. The number of para-hydroxylation sites is 1. The minimum absolute atomic E-state index is 0.202. The maximum absolute atomic E-state index is 12.5. The van der Waals surface area contributed by atoms with Gasteiger partial charge in [0.1, 0.15) is 0 Å². The summed E-state index contributed by atoms with van der Waals surface area (Å²) in [6.45, 7) is 0.502. The number of benzene rings is 3. The highest BCUT2D eigenvalue weighted by molar-refractivity contribution is 6.11. The fourth-order valence-electron chi connectivity index (χ4n) is 4.26. The van der Waals surface area contributed by atoms with E-state index in [-0.39, 0.29) is 19.2 Å². The third kappa shape index (κ3) is 4.04. The van der Waals surface area contributed by atoms with Crippen LogP contribution in [-0.4, -0.2) is 22.7 Å². The number of rotatable bonds is 5. The van der Waals surface area contributed by atoms with E-state index in [9.17, 15) is 4.79 Å². The molecule has 7 nitrogen and oxygen atoms in total. The number of nitrogens with zero attached hydrogens (tertiary/aromatic N) is 1. The van der Waals surface area contributed by atoms with Gasteiger partial charge in [-0.3, -0.25) is 4.79 Å². The van der Waals surface area contributed by atoms with Gasteiger partial charge in [0.25, 0.3) is 0 Å². The number of carbonyl (C=O) groups is 1. The van der Waals surface area contributed by atoms with E-state index >= 15 is 0 Å². The summed E-state index contributed by atoms with van der Waals surface area (Å²) >= 11 is 0. The zero-order chi connectivity index (χ0) is 23.8. The summed E-state index contributed by atoms with van der Waals surface area (Å²) in [6.07, 6.45) is 3.26. The van der Waals surface area contributed by atoms with Crippen LogP contribution in [0.4, 0.5) is 5.69 Å². The highest BCUT2D eigenvalue weighted by Crippen LogP contribution is 2.38. The van der Waals surface area contributed by atoms with E-state index in [1.807, 2.05) is 54.6 Å². The predicted octanol–water partition coefficient (Wildman–Crippen LogP) is 5.02. The van der Waals surface area contributed by atoms with Crippen molar-refractivity contribution in [3.8, 4) is 22.8 Å². The third-order valence-electron chi connectivity index (χ3n) is 6.00. The summed E-state index contributed by atoms with van der Waals surface area (Å²) in [5.74, 6) is 1.21. The smallest absolute Gasteiger partial charge is 0.244 e. The van der Waals surface area contributed by atoms with Crippen LogP contribution in [0.5, 0.6) is 11.5 Å². The zero-order valence-corrected chi connectivity index (χ0v) is 18.7. The number of amides is 1. The normalized spacial score (nSPS) is 12.6. The number of pyridine rings is 1. The molecule has 0 spiro atoms. The van der Waals surface area contributed by atoms with Gasteiger partial charge in [0.15, 0.2) is 11.5 Å². The molecule has 5 aromatic rings. The Hall–Kier alpha value is -4.78. The van der Waals surface area contributed by atoms with Gasteiger partial charge in [0.2, 0.25) is 12.7 Å². The van der Waals surface area contributed by atoms with Crippen LogP contribution in [0.2, 0.25) is 0 Å². The van der Waals surface area contributed by atoms with E-state index in [0.717, 1.165) is 50.1 Å². The van der Waals surface area contributed by atoms with Crippen LogP contribution < -0.4 is 20.5 Å². The topological polar surface area (TPSA) is 102 Å². The molecule has 35 heavy (non-hydrogen) atoms. The molecule has 3 aromatic carbocycles. The first-order valence-corrected chi connectivity index (χ1v) is 11.3. The van der Waals surface area contributed by atoms with Crippen molar-refractivity contribution in [3.63, 3.8) is 0 Å². The largest absolute Gasteiger partial charge is 0.454 e. The first kappa shape index (κ1) is 20.8. The van der Waals surface area contributed by atoms with Crippen LogP contribution in [0.15, 0.2) is 78.9 Å². The maximum Gasteiger partial charge on any atom is 0.244 e. The molecule has 1 aliphatic heterocycles. The number of carbonyl (C=O) groups excluding carboxylic acids is 1. The molecule has 6 rings (SSSR count). The molecule has 4 N–H and O–H groups in total. The SMILES string of the molecule is Nc1ccc(/C=C/C(=O)NCc2cc3c([nH]c4ccccc43)c(-c3ccc4c(c3)OCO4)n2)cc1. The Balaban J connectivity index is 1.34. The van der Waals surface area contributed by atoms with Crippen LogP contribution in [0, 0.1) is 0 Å². The van der Waals surface area contributed by atoms with Gasteiger partial charge in [-0.15, -0.1) is 0 Å². The number of nitrogen functional groups attached to an aromatic ring is 1. The Morgan fingerprint density at radius 3 is 2.71 bits per heavy atom. The number of hydrogen-bond acceptors (Lipinski definition) is 5. The number of aromatic amines is 1. The van der Waals surface area contributed by atoms with E-state index < -0.39 is 0 Å². The van der Waals surface area contributed by atoms with Crippen molar-refractivity contribution >= 4 is 39.5 Å². The lowest BCUT2D eigenvalue weighted by Crippen LogP contribution is -2.21. The number of hydrogen-bond donors (Lipinski definition) is 3. The van der Waals surface area contributed by atoms with Gasteiger partial charge >= 0.3 is 0 Å². The first-order chi connectivity index (χ1) is 17.1. The monoisotopic (exact) mass is 462 g/mol. The Labute approximate surface area is 201 Å². The van der Waals surface area contributed by atoms with Gasteiger partial charge in [-0.2, -0.15) is 0 Å². The first-order valence-electron chi connectivity index (χ1n) is 11.3. The standard InChI is InChI=1S/C28H22N4O3/c29-19-9-5-17(6-10-19)7-12-26(33)30-15-20-14-22-21-3-1-2-4-23(21)32-28(22)27(31-20)18-8-11-24-25(13-18)35-16-34-24/h1-14,32H,15-16,29H2,(H,30,33)/b12-7+. The quantitative estimate of drug-likeness (QED) is 0.251. The van der Waals surface area contributed by atoms with Gasteiger partial charge in [-0.05, 0) is 54.1 Å². The van der Waals surface area contributed by atoms with Gasteiger partial charge in [0, 0.05) is 33.6 Å². The molecular weight excluding hydrogens is 440 g/mol. The average Bonchev–Trinajstić information content (AvgIpc) is 3.51. The molecule has 0 radical (unpaired) electrons. The van der Waals surface area contributed by atoms with E-state index in [2.05, 4.69) is 16.4 Å². The van der Waals surface area contributed by atoms with Gasteiger partial charge in [-0.1, -0.05) is 30.3 Å². The number of H-pyrrole nitrogens is 1. The Morgan fingerprint density at radius 2 is 1.83 bits per heavy atom. The maximum atomic E-state index is 12.5. The molecular formula is C28H22N4O3. The Morgan fingerprint density at radius 1 is 1.00 bits per heavy atom. The van der Waals surface area contributed by atoms with Gasteiger partial charge < -0.3 is 25.5 Å². The average molecular weight is 463 g/mol. The molecule has 1 aliphatic rings. The van der Waals surface area contributed by atoms with Crippen LogP contribution >= 0.6 is 0 Å². The number of fused-ring (bicyclic) bond motifs is 4. The number of nitrogens with two attached hydrogens (primary N) is 1. The molecule has 2 aromatic heterocycles. The third-order valence-corrected chi connectivity index (χ3v) is 6.00. The van der Waals surface area contributed by atoms with E-state index in [1.54, 1.807) is 18.2 Å². The van der Waals surface area contributed by atoms with Crippen LogP contribution in [-0.2, 0) is 11.3 Å².